The molecule has 1 unspecified atom stereocenters. The van der Waals surface area contributed by atoms with Gasteiger partial charge in [-0.1, -0.05) is 24.3 Å². The van der Waals surface area contributed by atoms with Gasteiger partial charge in [-0.15, -0.1) is 0 Å². The van der Waals surface area contributed by atoms with Crippen molar-refractivity contribution in [3.63, 3.8) is 0 Å². The lowest BCUT2D eigenvalue weighted by atomic mass is 10.1. The number of amides is 2. The molecule has 2 rings (SSSR count). The third kappa shape index (κ3) is 5.80. The molecule has 0 heterocycles. The van der Waals surface area contributed by atoms with Crippen LogP contribution in [0.5, 0.6) is 0 Å². The summed E-state index contributed by atoms with van der Waals surface area (Å²) in [4.78, 5) is 23.8. The van der Waals surface area contributed by atoms with Gasteiger partial charge in [-0.2, -0.15) is 0 Å². The van der Waals surface area contributed by atoms with E-state index in [9.17, 15) is 9.59 Å². The van der Waals surface area contributed by atoms with Gasteiger partial charge >= 0.3 is 0 Å². The number of carbonyl (C=O) groups excluding carboxylic acids is 2. The average Bonchev–Trinajstić information content (AvgIpc) is 2.47. The lowest BCUT2D eigenvalue weighted by Gasteiger charge is -2.12. The zero-order valence-corrected chi connectivity index (χ0v) is 12.7. The first-order valence-corrected chi connectivity index (χ1v) is 7.29. The molecule has 2 aromatic carbocycles. The quantitative estimate of drug-likeness (QED) is 0.611. The normalized spacial score (nSPS) is 11.5. The predicted octanol–water partition coefficient (Wildman–Crippen LogP) is 1.95. The summed E-state index contributed by atoms with van der Waals surface area (Å²) in [6, 6.07) is 15.4. The molecule has 6 heteroatoms. The largest absolute Gasteiger partial charge is 0.399 e. The van der Waals surface area contributed by atoms with Crippen molar-refractivity contribution < 1.29 is 9.59 Å². The van der Waals surface area contributed by atoms with Crippen molar-refractivity contribution in [3.05, 3.63) is 54.6 Å². The summed E-state index contributed by atoms with van der Waals surface area (Å²) >= 11 is 0. The molecule has 0 fully saturated rings. The number of hydrogen-bond donors (Lipinski definition) is 4. The van der Waals surface area contributed by atoms with Crippen molar-refractivity contribution in [2.24, 2.45) is 5.73 Å². The molecule has 0 bridgehead atoms. The maximum Gasteiger partial charge on any atom is 0.225 e. The topological polar surface area (TPSA) is 110 Å². The van der Waals surface area contributed by atoms with Crippen molar-refractivity contribution >= 4 is 28.9 Å². The van der Waals surface area contributed by atoms with E-state index in [1.807, 2.05) is 18.2 Å². The lowest BCUT2D eigenvalue weighted by molar-refractivity contribution is -0.117. The molecule has 1 atom stereocenters. The summed E-state index contributed by atoms with van der Waals surface area (Å²) in [5, 5.41) is 5.44. The second-order valence-corrected chi connectivity index (χ2v) is 5.26. The van der Waals surface area contributed by atoms with Crippen molar-refractivity contribution in [2.75, 3.05) is 16.4 Å². The zero-order chi connectivity index (χ0) is 16.7. The Morgan fingerprint density at radius 2 is 1.43 bits per heavy atom. The number of benzene rings is 2. The minimum Gasteiger partial charge on any atom is -0.399 e. The van der Waals surface area contributed by atoms with Crippen LogP contribution in [0, 0.1) is 0 Å². The smallest absolute Gasteiger partial charge is 0.225 e. The molecule has 0 aliphatic carbocycles. The van der Waals surface area contributed by atoms with Crippen LogP contribution in [0.4, 0.5) is 17.1 Å². The van der Waals surface area contributed by atoms with Gasteiger partial charge in [0.25, 0.3) is 0 Å². The van der Waals surface area contributed by atoms with E-state index in [2.05, 4.69) is 10.6 Å². The van der Waals surface area contributed by atoms with Crippen LogP contribution in [-0.4, -0.2) is 17.9 Å². The molecule has 6 nitrogen and oxygen atoms in total. The first kappa shape index (κ1) is 16.5. The maximum atomic E-state index is 11.9. The molecule has 0 saturated carbocycles. The van der Waals surface area contributed by atoms with Gasteiger partial charge in [0.15, 0.2) is 0 Å². The Bertz CT molecular complexity index is 673. The van der Waals surface area contributed by atoms with Crippen LogP contribution in [0.15, 0.2) is 54.6 Å². The van der Waals surface area contributed by atoms with Crippen LogP contribution in [0.25, 0.3) is 0 Å². The van der Waals surface area contributed by atoms with Crippen LogP contribution in [0.1, 0.15) is 12.8 Å². The second kappa shape index (κ2) is 7.95. The SMILES string of the molecule is Nc1cccc(NC(=O)CC(N)CC(=O)Nc2ccccc2)c1. The van der Waals surface area contributed by atoms with Gasteiger partial charge < -0.3 is 22.1 Å². The highest BCUT2D eigenvalue weighted by Crippen LogP contribution is 2.12. The van der Waals surface area contributed by atoms with E-state index in [0.29, 0.717) is 17.1 Å². The fraction of sp³-hybridized carbons (Fsp3) is 0.176. The molecular formula is C17H20N4O2. The van der Waals surface area contributed by atoms with E-state index in [-0.39, 0.29) is 24.7 Å². The summed E-state index contributed by atoms with van der Waals surface area (Å²) in [6.45, 7) is 0. The van der Waals surface area contributed by atoms with Crippen LogP contribution >= 0.6 is 0 Å². The van der Waals surface area contributed by atoms with Crippen molar-refractivity contribution in [1.29, 1.82) is 0 Å². The first-order chi connectivity index (χ1) is 11.0. The Kier molecular flexibility index (Phi) is 5.71. The molecule has 0 spiro atoms. The maximum absolute atomic E-state index is 11.9. The van der Waals surface area contributed by atoms with Crippen molar-refractivity contribution in [2.45, 2.75) is 18.9 Å². The summed E-state index contributed by atoms with van der Waals surface area (Å²) in [6.07, 6.45) is 0.121. The monoisotopic (exact) mass is 312 g/mol. The van der Waals surface area contributed by atoms with Gasteiger partial charge in [-0.05, 0) is 30.3 Å². The Labute approximate surface area is 134 Å². The molecule has 120 valence electrons. The molecule has 0 aliphatic heterocycles. The average molecular weight is 312 g/mol. The molecule has 2 aromatic rings. The molecule has 0 radical (unpaired) electrons. The zero-order valence-electron chi connectivity index (χ0n) is 12.7. The van der Waals surface area contributed by atoms with Gasteiger partial charge in [0.1, 0.15) is 0 Å². The summed E-state index contributed by atoms with van der Waals surface area (Å²) in [7, 11) is 0. The van der Waals surface area contributed by atoms with E-state index < -0.39 is 6.04 Å². The lowest BCUT2D eigenvalue weighted by Crippen LogP contribution is -2.31. The number of hydrogen-bond acceptors (Lipinski definition) is 4. The summed E-state index contributed by atoms with van der Waals surface area (Å²) in [5.41, 5.74) is 13.4. The van der Waals surface area contributed by atoms with Crippen molar-refractivity contribution in [3.8, 4) is 0 Å². The van der Waals surface area contributed by atoms with E-state index >= 15 is 0 Å². The first-order valence-electron chi connectivity index (χ1n) is 7.29. The van der Waals surface area contributed by atoms with Crippen LogP contribution in [-0.2, 0) is 9.59 Å². The Balaban J connectivity index is 1.78. The van der Waals surface area contributed by atoms with Gasteiger partial charge in [0.2, 0.25) is 11.8 Å². The number of rotatable bonds is 6. The number of nitrogens with one attached hydrogen (secondary N) is 2. The minimum atomic E-state index is -0.556. The van der Waals surface area contributed by atoms with E-state index in [1.54, 1.807) is 36.4 Å². The van der Waals surface area contributed by atoms with Crippen LogP contribution in [0.3, 0.4) is 0 Å². The van der Waals surface area contributed by atoms with Crippen molar-refractivity contribution in [1.82, 2.24) is 0 Å². The molecule has 0 aromatic heterocycles. The third-order valence-corrected chi connectivity index (χ3v) is 3.12. The van der Waals surface area contributed by atoms with Gasteiger partial charge in [0.05, 0.1) is 0 Å². The Hall–Kier alpha value is -2.86. The van der Waals surface area contributed by atoms with Gasteiger partial charge in [0, 0.05) is 35.9 Å². The van der Waals surface area contributed by atoms with E-state index in [0.717, 1.165) is 0 Å². The predicted molar refractivity (Wildman–Crippen MR) is 91.8 cm³/mol. The van der Waals surface area contributed by atoms with Gasteiger partial charge in [-0.3, -0.25) is 9.59 Å². The van der Waals surface area contributed by atoms with Gasteiger partial charge in [-0.25, -0.2) is 0 Å². The molecule has 0 saturated heterocycles. The third-order valence-electron chi connectivity index (χ3n) is 3.12. The highest BCUT2D eigenvalue weighted by atomic mass is 16.2. The number of carbonyl (C=O) groups is 2. The second-order valence-electron chi connectivity index (χ2n) is 5.26. The minimum absolute atomic E-state index is 0.0526. The molecule has 23 heavy (non-hydrogen) atoms. The fourth-order valence-corrected chi connectivity index (χ4v) is 2.11. The number of nitrogen functional groups attached to an aromatic ring is 1. The molecule has 0 aliphatic rings. The molecular weight excluding hydrogens is 292 g/mol. The summed E-state index contributed by atoms with van der Waals surface area (Å²) in [5.74, 6) is -0.476. The molecule has 6 N–H and O–H groups in total. The standard InChI is InChI=1S/C17H20N4O2/c18-12-5-4-8-15(9-12)21-17(23)11-13(19)10-16(22)20-14-6-2-1-3-7-14/h1-9,13H,10-11,18-19H2,(H,20,22)(H,21,23). The number of nitrogens with two attached hydrogens (primary N) is 2. The van der Waals surface area contributed by atoms with Crippen LogP contribution in [0.2, 0.25) is 0 Å². The van der Waals surface area contributed by atoms with E-state index in [1.165, 1.54) is 0 Å². The summed E-state index contributed by atoms with van der Waals surface area (Å²) < 4.78 is 0. The molecule has 2 amide bonds. The number of para-hydroxylation sites is 1. The van der Waals surface area contributed by atoms with Crippen LogP contribution < -0.4 is 22.1 Å². The Morgan fingerprint density at radius 3 is 2.04 bits per heavy atom. The fourth-order valence-electron chi connectivity index (χ4n) is 2.11. The highest BCUT2D eigenvalue weighted by molar-refractivity contribution is 5.94. The highest BCUT2D eigenvalue weighted by Gasteiger charge is 2.14. The van der Waals surface area contributed by atoms with E-state index in [4.69, 9.17) is 11.5 Å². The Morgan fingerprint density at radius 1 is 0.870 bits per heavy atom. The number of anilines is 3.